The Bertz CT molecular complexity index is 197. The largest absolute Gasteiger partial charge is 0.308 e. The Labute approximate surface area is 82.3 Å². The van der Waals surface area contributed by atoms with E-state index in [1.165, 1.54) is 19.3 Å². The van der Waals surface area contributed by atoms with Gasteiger partial charge in [-0.2, -0.15) is 0 Å². The Hall–Kier alpha value is -0.0400. The van der Waals surface area contributed by atoms with Gasteiger partial charge in [0.05, 0.1) is 0 Å². The van der Waals surface area contributed by atoms with Gasteiger partial charge in [0.2, 0.25) is 0 Å². The maximum Gasteiger partial charge on any atom is 0.0210 e. The first kappa shape index (κ1) is 9.51. The number of hydrogen-bond acceptors (Lipinski definition) is 1. The smallest absolute Gasteiger partial charge is 0.0210 e. The van der Waals surface area contributed by atoms with Crippen LogP contribution in [0.5, 0.6) is 0 Å². The van der Waals surface area contributed by atoms with Crippen molar-refractivity contribution in [3.63, 3.8) is 0 Å². The predicted octanol–water partition coefficient (Wildman–Crippen LogP) is 2.81. The molecule has 1 heterocycles. The Morgan fingerprint density at radius 1 is 1.23 bits per heavy atom. The molecule has 0 spiro atoms. The SMILES string of the molecule is CC(C)C1NC2(C(C)C)CCC1C2. The number of fused-ring (bicyclic) bond motifs is 2. The fourth-order valence-electron chi connectivity index (χ4n) is 3.40. The normalized spacial score (nSPS) is 43.8. The van der Waals surface area contributed by atoms with Gasteiger partial charge in [-0.1, -0.05) is 27.7 Å². The molecule has 1 aliphatic carbocycles. The molecule has 1 saturated heterocycles. The predicted molar refractivity (Wildman–Crippen MR) is 56.7 cm³/mol. The zero-order valence-electron chi connectivity index (χ0n) is 9.43. The van der Waals surface area contributed by atoms with Crippen molar-refractivity contribution in [1.82, 2.24) is 5.32 Å². The molecule has 2 bridgehead atoms. The highest BCUT2D eigenvalue weighted by Crippen LogP contribution is 2.48. The molecule has 1 saturated carbocycles. The molecule has 13 heavy (non-hydrogen) atoms. The summed E-state index contributed by atoms with van der Waals surface area (Å²) < 4.78 is 0. The van der Waals surface area contributed by atoms with Gasteiger partial charge < -0.3 is 5.32 Å². The summed E-state index contributed by atoms with van der Waals surface area (Å²) in [6.07, 6.45) is 4.32. The summed E-state index contributed by atoms with van der Waals surface area (Å²) in [6.45, 7) is 9.45. The summed E-state index contributed by atoms with van der Waals surface area (Å²) in [5, 5.41) is 3.90. The molecule has 3 atom stereocenters. The average Bonchev–Trinajstić information content (AvgIpc) is 2.60. The molecule has 3 unspecified atom stereocenters. The molecule has 0 aromatic rings. The minimum atomic E-state index is 0.513. The Balaban J connectivity index is 2.13. The van der Waals surface area contributed by atoms with Crippen molar-refractivity contribution in [2.24, 2.45) is 17.8 Å². The van der Waals surface area contributed by atoms with Crippen molar-refractivity contribution in [3.05, 3.63) is 0 Å². The topological polar surface area (TPSA) is 12.0 Å². The van der Waals surface area contributed by atoms with Crippen molar-refractivity contribution in [2.75, 3.05) is 0 Å². The molecule has 1 aliphatic heterocycles. The van der Waals surface area contributed by atoms with Gasteiger partial charge in [-0.25, -0.2) is 0 Å². The van der Waals surface area contributed by atoms with Crippen LogP contribution in [0.4, 0.5) is 0 Å². The summed E-state index contributed by atoms with van der Waals surface area (Å²) in [5.74, 6) is 2.59. The molecule has 0 amide bonds. The minimum absolute atomic E-state index is 0.513. The monoisotopic (exact) mass is 181 g/mol. The van der Waals surface area contributed by atoms with E-state index < -0.39 is 0 Å². The molecule has 0 aromatic carbocycles. The molecule has 2 aliphatic rings. The molecular formula is C12H23N. The van der Waals surface area contributed by atoms with E-state index in [1.54, 1.807) is 0 Å². The third-order valence-electron chi connectivity index (χ3n) is 4.37. The molecule has 2 rings (SSSR count). The first-order valence-corrected chi connectivity index (χ1v) is 5.83. The van der Waals surface area contributed by atoms with Crippen molar-refractivity contribution in [3.8, 4) is 0 Å². The van der Waals surface area contributed by atoms with Crippen LogP contribution >= 0.6 is 0 Å². The van der Waals surface area contributed by atoms with E-state index in [1.807, 2.05) is 0 Å². The van der Waals surface area contributed by atoms with Crippen LogP contribution < -0.4 is 5.32 Å². The summed E-state index contributed by atoms with van der Waals surface area (Å²) in [5.41, 5.74) is 0.513. The van der Waals surface area contributed by atoms with Gasteiger partial charge in [-0.15, -0.1) is 0 Å². The van der Waals surface area contributed by atoms with Gasteiger partial charge >= 0.3 is 0 Å². The summed E-state index contributed by atoms with van der Waals surface area (Å²) >= 11 is 0. The van der Waals surface area contributed by atoms with Crippen molar-refractivity contribution in [1.29, 1.82) is 0 Å². The first-order chi connectivity index (χ1) is 6.05. The van der Waals surface area contributed by atoms with E-state index in [2.05, 4.69) is 33.0 Å². The lowest BCUT2D eigenvalue weighted by Gasteiger charge is -2.36. The van der Waals surface area contributed by atoms with Crippen LogP contribution in [-0.4, -0.2) is 11.6 Å². The Kier molecular flexibility index (Phi) is 2.18. The van der Waals surface area contributed by atoms with Gasteiger partial charge in [0.25, 0.3) is 0 Å². The minimum Gasteiger partial charge on any atom is -0.308 e. The third-order valence-corrected chi connectivity index (χ3v) is 4.37. The Morgan fingerprint density at radius 2 is 1.92 bits per heavy atom. The quantitative estimate of drug-likeness (QED) is 0.690. The zero-order chi connectivity index (χ0) is 9.64. The Morgan fingerprint density at radius 3 is 2.31 bits per heavy atom. The van der Waals surface area contributed by atoms with Gasteiger partial charge in [0.1, 0.15) is 0 Å². The number of rotatable bonds is 2. The van der Waals surface area contributed by atoms with E-state index in [0.29, 0.717) is 5.54 Å². The lowest BCUT2D eigenvalue weighted by molar-refractivity contribution is 0.213. The lowest BCUT2D eigenvalue weighted by atomic mass is 9.85. The van der Waals surface area contributed by atoms with Crippen LogP contribution in [0.25, 0.3) is 0 Å². The second-order valence-electron chi connectivity index (χ2n) is 5.73. The number of hydrogen-bond donors (Lipinski definition) is 1. The summed E-state index contributed by atoms with van der Waals surface area (Å²) in [4.78, 5) is 0. The van der Waals surface area contributed by atoms with Gasteiger partial charge in [-0.05, 0) is 37.0 Å². The van der Waals surface area contributed by atoms with Crippen LogP contribution in [-0.2, 0) is 0 Å². The lowest BCUT2D eigenvalue weighted by Crippen LogP contribution is -2.50. The number of nitrogens with one attached hydrogen (secondary N) is 1. The molecule has 1 N–H and O–H groups in total. The molecular weight excluding hydrogens is 158 g/mol. The third kappa shape index (κ3) is 1.32. The molecule has 0 radical (unpaired) electrons. The van der Waals surface area contributed by atoms with Gasteiger partial charge in [-0.3, -0.25) is 0 Å². The van der Waals surface area contributed by atoms with E-state index in [0.717, 1.165) is 23.8 Å². The van der Waals surface area contributed by atoms with Crippen molar-refractivity contribution in [2.45, 2.75) is 58.5 Å². The molecule has 2 fully saturated rings. The van der Waals surface area contributed by atoms with Crippen molar-refractivity contribution < 1.29 is 0 Å². The standard InChI is InChI=1S/C12H23N/c1-8(2)11-10-5-6-12(7-10,13-11)9(3)4/h8-11,13H,5-7H2,1-4H3. The zero-order valence-corrected chi connectivity index (χ0v) is 9.43. The van der Waals surface area contributed by atoms with E-state index in [4.69, 9.17) is 0 Å². The molecule has 76 valence electrons. The van der Waals surface area contributed by atoms with Gasteiger partial charge in [0, 0.05) is 11.6 Å². The fraction of sp³-hybridized carbons (Fsp3) is 1.00. The van der Waals surface area contributed by atoms with Crippen LogP contribution in [0.3, 0.4) is 0 Å². The van der Waals surface area contributed by atoms with E-state index >= 15 is 0 Å². The van der Waals surface area contributed by atoms with Crippen LogP contribution in [0, 0.1) is 17.8 Å². The average molecular weight is 181 g/mol. The molecule has 1 heteroatoms. The van der Waals surface area contributed by atoms with E-state index in [9.17, 15) is 0 Å². The second-order valence-corrected chi connectivity index (χ2v) is 5.73. The summed E-state index contributed by atoms with van der Waals surface area (Å²) in [6, 6.07) is 0.802. The molecule has 0 aromatic heterocycles. The number of piperidine rings is 1. The van der Waals surface area contributed by atoms with Crippen LogP contribution in [0.2, 0.25) is 0 Å². The second kappa shape index (κ2) is 2.98. The first-order valence-electron chi connectivity index (χ1n) is 5.83. The van der Waals surface area contributed by atoms with Gasteiger partial charge in [0.15, 0.2) is 0 Å². The van der Waals surface area contributed by atoms with Crippen LogP contribution in [0.15, 0.2) is 0 Å². The highest BCUT2D eigenvalue weighted by atomic mass is 15.1. The maximum absolute atomic E-state index is 3.90. The van der Waals surface area contributed by atoms with Crippen LogP contribution in [0.1, 0.15) is 47.0 Å². The maximum atomic E-state index is 3.90. The fourth-order valence-corrected chi connectivity index (χ4v) is 3.40. The van der Waals surface area contributed by atoms with Crippen molar-refractivity contribution >= 4 is 0 Å². The molecule has 1 nitrogen and oxygen atoms in total. The highest BCUT2D eigenvalue weighted by Gasteiger charge is 2.51. The summed E-state index contributed by atoms with van der Waals surface area (Å²) in [7, 11) is 0. The van der Waals surface area contributed by atoms with E-state index in [-0.39, 0.29) is 0 Å². The highest BCUT2D eigenvalue weighted by molar-refractivity contribution is 5.09.